The van der Waals surface area contributed by atoms with E-state index in [1.165, 1.54) is 12.1 Å². The highest BCUT2D eigenvalue weighted by atomic mass is 79.9. The molecule has 6 nitrogen and oxygen atoms in total. The summed E-state index contributed by atoms with van der Waals surface area (Å²) in [5, 5.41) is 0.855. The van der Waals surface area contributed by atoms with Crippen molar-refractivity contribution in [2.75, 3.05) is 5.01 Å². The summed E-state index contributed by atoms with van der Waals surface area (Å²) < 4.78 is 20.7. The molecule has 1 unspecified atom stereocenters. The van der Waals surface area contributed by atoms with Crippen molar-refractivity contribution in [3.8, 4) is 0 Å². The molecule has 1 heterocycles. The summed E-state index contributed by atoms with van der Waals surface area (Å²) >= 11 is 3.38. The van der Waals surface area contributed by atoms with Crippen molar-refractivity contribution in [2.24, 2.45) is 10.8 Å². The van der Waals surface area contributed by atoms with Crippen LogP contribution in [0.2, 0.25) is 0 Å². The van der Waals surface area contributed by atoms with Crippen molar-refractivity contribution in [1.82, 2.24) is 0 Å². The molecule has 0 bridgehead atoms. The first-order chi connectivity index (χ1) is 15.0. The fourth-order valence-electron chi connectivity index (χ4n) is 3.24. The molecule has 0 aromatic heterocycles. The monoisotopic (exact) mass is 481 g/mol. The van der Waals surface area contributed by atoms with Crippen molar-refractivity contribution >= 4 is 39.2 Å². The van der Waals surface area contributed by atoms with Crippen LogP contribution in [-0.4, -0.2) is 23.6 Å². The van der Waals surface area contributed by atoms with Crippen molar-refractivity contribution in [3.05, 3.63) is 99.8 Å². The highest BCUT2D eigenvalue weighted by molar-refractivity contribution is 9.10. The Bertz CT molecular complexity index is 1180. The first-order valence-electron chi connectivity index (χ1n) is 9.37. The van der Waals surface area contributed by atoms with Gasteiger partial charge in [-0.3, -0.25) is 9.79 Å². The van der Waals surface area contributed by atoms with Gasteiger partial charge in [-0.05, 0) is 35.9 Å². The number of amides is 1. The van der Waals surface area contributed by atoms with E-state index in [0.717, 1.165) is 10.6 Å². The number of hydrogen-bond donors (Lipinski definition) is 1. The average molecular weight is 482 g/mol. The number of benzene rings is 3. The first-order valence-corrected chi connectivity index (χ1v) is 10.2. The maximum atomic E-state index is 14.7. The van der Waals surface area contributed by atoms with Gasteiger partial charge in [-0.2, -0.15) is 0 Å². The molecule has 3 aromatic carbocycles. The number of hydrogen-bond acceptors (Lipinski definition) is 5. The number of nitrogens with zero attached hydrogens (tertiary/aromatic N) is 2. The number of ether oxygens (including phenoxy) is 1. The molecule has 1 atom stereocenters. The summed E-state index contributed by atoms with van der Waals surface area (Å²) in [7, 11) is 0. The standard InChI is InChI=1S/C23H17BrFN3O3/c24-15-10-11-19-17(12-15)20(16-8-4-5-9-18(16)25)27-21(22(29)28(19)26)23(30)31-13-14-6-2-1-3-7-14/h1-12,21H,13,26H2. The van der Waals surface area contributed by atoms with E-state index in [1.54, 1.807) is 42.5 Å². The lowest BCUT2D eigenvalue weighted by molar-refractivity contribution is -0.149. The van der Waals surface area contributed by atoms with Crippen LogP contribution in [0.3, 0.4) is 0 Å². The zero-order chi connectivity index (χ0) is 22.0. The summed E-state index contributed by atoms with van der Waals surface area (Å²) in [6.45, 7) is -0.0307. The molecule has 156 valence electrons. The smallest absolute Gasteiger partial charge is 0.341 e. The Labute approximate surface area is 186 Å². The van der Waals surface area contributed by atoms with E-state index in [0.29, 0.717) is 15.7 Å². The van der Waals surface area contributed by atoms with E-state index in [4.69, 9.17) is 10.6 Å². The number of carbonyl (C=O) groups is 2. The fraction of sp³-hybridized carbons (Fsp3) is 0.0870. The Morgan fingerprint density at radius 3 is 2.52 bits per heavy atom. The Morgan fingerprint density at radius 1 is 1.06 bits per heavy atom. The molecular formula is C23H17BrFN3O3. The molecule has 0 fully saturated rings. The van der Waals surface area contributed by atoms with E-state index in [1.807, 2.05) is 18.2 Å². The Balaban J connectivity index is 1.78. The predicted octanol–water partition coefficient (Wildman–Crippen LogP) is 3.76. The summed E-state index contributed by atoms with van der Waals surface area (Å²) in [6, 6.07) is 18.4. The molecule has 31 heavy (non-hydrogen) atoms. The summed E-state index contributed by atoms with van der Waals surface area (Å²) in [6.07, 6.45) is 0. The third-order valence-electron chi connectivity index (χ3n) is 4.78. The van der Waals surface area contributed by atoms with Gasteiger partial charge < -0.3 is 4.74 Å². The maximum Gasteiger partial charge on any atom is 0.341 e. The molecule has 0 saturated carbocycles. The molecule has 0 radical (unpaired) electrons. The van der Waals surface area contributed by atoms with Crippen LogP contribution in [-0.2, 0) is 20.9 Å². The Hall–Kier alpha value is -3.36. The quantitative estimate of drug-likeness (QED) is 0.266. The lowest BCUT2D eigenvalue weighted by atomic mass is 10.00. The SMILES string of the molecule is NN1C(=O)C(C(=O)OCc2ccccc2)N=C(c2ccccc2F)c2cc(Br)ccc21. The Kier molecular flexibility index (Phi) is 5.92. The van der Waals surface area contributed by atoms with Gasteiger partial charge in [-0.25, -0.2) is 20.0 Å². The van der Waals surface area contributed by atoms with Crippen LogP contribution < -0.4 is 10.9 Å². The maximum absolute atomic E-state index is 14.7. The molecule has 1 amide bonds. The average Bonchev–Trinajstić information content (AvgIpc) is 2.88. The third-order valence-corrected chi connectivity index (χ3v) is 5.27. The first kappa shape index (κ1) is 20.9. The van der Waals surface area contributed by atoms with Gasteiger partial charge in [0, 0.05) is 15.6 Å². The van der Waals surface area contributed by atoms with Crippen LogP contribution in [0.1, 0.15) is 16.7 Å². The largest absolute Gasteiger partial charge is 0.459 e. The second-order valence-corrected chi connectivity index (χ2v) is 7.74. The predicted molar refractivity (Wildman–Crippen MR) is 118 cm³/mol. The number of rotatable bonds is 4. The Morgan fingerprint density at radius 2 is 1.77 bits per heavy atom. The summed E-state index contributed by atoms with van der Waals surface area (Å²) in [5.41, 5.74) is 1.75. The van der Waals surface area contributed by atoms with E-state index in [9.17, 15) is 14.0 Å². The number of fused-ring (bicyclic) bond motifs is 1. The number of halogens is 2. The molecule has 4 rings (SSSR count). The third kappa shape index (κ3) is 4.26. The molecule has 1 aliphatic heterocycles. The molecule has 2 N–H and O–H groups in total. The fourth-order valence-corrected chi connectivity index (χ4v) is 3.60. The molecule has 3 aromatic rings. The van der Waals surface area contributed by atoms with Crippen molar-refractivity contribution < 1.29 is 18.7 Å². The van der Waals surface area contributed by atoms with Crippen LogP contribution in [0.4, 0.5) is 10.1 Å². The summed E-state index contributed by atoms with van der Waals surface area (Å²) in [4.78, 5) is 30.2. The van der Waals surface area contributed by atoms with Gasteiger partial charge in [0.25, 0.3) is 5.91 Å². The van der Waals surface area contributed by atoms with Gasteiger partial charge in [-0.1, -0.05) is 58.4 Å². The number of hydrazine groups is 1. The van der Waals surface area contributed by atoms with Gasteiger partial charge in [0.05, 0.1) is 11.4 Å². The number of aliphatic imine (C=N–C) groups is 1. The molecule has 1 aliphatic rings. The number of anilines is 1. The number of esters is 1. The topological polar surface area (TPSA) is 85.0 Å². The van der Waals surface area contributed by atoms with Gasteiger partial charge in [0.2, 0.25) is 6.04 Å². The van der Waals surface area contributed by atoms with Gasteiger partial charge in [0.1, 0.15) is 12.4 Å². The number of benzodiazepines with no additional fused rings is 1. The normalized spacial score (nSPS) is 15.7. The van der Waals surface area contributed by atoms with Crippen molar-refractivity contribution in [2.45, 2.75) is 12.6 Å². The second-order valence-electron chi connectivity index (χ2n) is 6.82. The van der Waals surface area contributed by atoms with Crippen molar-refractivity contribution in [1.29, 1.82) is 0 Å². The lowest BCUT2D eigenvalue weighted by Gasteiger charge is -2.19. The molecule has 0 spiro atoms. The molecule has 8 heteroatoms. The second kappa shape index (κ2) is 8.79. The van der Waals surface area contributed by atoms with Gasteiger partial charge in [-0.15, -0.1) is 0 Å². The minimum atomic E-state index is -1.57. The van der Waals surface area contributed by atoms with Gasteiger partial charge in [0.15, 0.2) is 0 Å². The summed E-state index contributed by atoms with van der Waals surface area (Å²) in [5.74, 6) is 3.87. The minimum absolute atomic E-state index is 0.0307. The van der Waals surface area contributed by atoms with E-state index in [2.05, 4.69) is 20.9 Å². The molecular weight excluding hydrogens is 465 g/mol. The molecule has 0 aliphatic carbocycles. The van der Waals surface area contributed by atoms with E-state index >= 15 is 0 Å². The molecule has 0 saturated heterocycles. The van der Waals surface area contributed by atoms with E-state index < -0.39 is 23.7 Å². The van der Waals surface area contributed by atoms with E-state index in [-0.39, 0.29) is 17.9 Å². The van der Waals surface area contributed by atoms with Crippen LogP contribution in [0.5, 0.6) is 0 Å². The van der Waals surface area contributed by atoms with Gasteiger partial charge >= 0.3 is 5.97 Å². The minimum Gasteiger partial charge on any atom is -0.459 e. The van der Waals surface area contributed by atoms with Crippen LogP contribution in [0, 0.1) is 5.82 Å². The van der Waals surface area contributed by atoms with Crippen LogP contribution >= 0.6 is 15.9 Å². The lowest BCUT2D eigenvalue weighted by Crippen LogP contribution is -2.46. The van der Waals surface area contributed by atoms with Crippen LogP contribution in [0.15, 0.2) is 82.3 Å². The number of nitrogens with two attached hydrogens (primary N) is 1. The number of carbonyl (C=O) groups excluding carboxylic acids is 2. The van der Waals surface area contributed by atoms with Crippen molar-refractivity contribution in [3.63, 3.8) is 0 Å². The highest BCUT2D eigenvalue weighted by Crippen LogP contribution is 2.30. The highest BCUT2D eigenvalue weighted by Gasteiger charge is 2.37. The zero-order valence-electron chi connectivity index (χ0n) is 16.2. The van der Waals surface area contributed by atoms with Crippen LogP contribution in [0.25, 0.3) is 0 Å². The zero-order valence-corrected chi connectivity index (χ0v) is 17.8.